The summed E-state index contributed by atoms with van der Waals surface area (Å²) in [5.74, 6) is -0.0487. The lowest BCUT2D eigenvalue weighted by molar-refractivity contribution is -0.116. The van der Waals surface area contributed by atoms with Gasteiger partial charge in [0.1, 0.15) is 0 Å². The van der Waals surface area contributed by atoms with E-state index >= 15 is 0 Å². The van der Waals surface area contributed by atoms with E-state index in [1.54, 1.807) is 0 Å². The minimum atomic E-state index is -0.0487. The maximum Gasteiger partial charge on any atom is 0.225 e. The molecule has 1 amide bonds. The Morgan fingerprint density at radius 2 is 2.27 bits per heavy atom. The van der Waals surface area contributed by atoms with Crippen LogP contribution in [0.1, 0.15) is 6.42 Å². The Bertz CT molecular complexity index is 475. The van der Waals surface area contributed by atoms with Crippen LogP contribution in [0.2, 0.25) is 0 Å². The highest BCUT2D eigenvalue weighted by molar-refractivity contribution is 5.93. The van der Waals surface area contributed by atoms with Gasteiger partial charge in [0.05, 0.1) is 0 Å². The van der Waals surface area contributed by atoms with Crippen molar-refractivity contribution in [2.45, 2.75) is 6.42 Å². The molecule has 1 aromatic carbocycles. The number of hydrogen-bond acceptors (Lipinski definition) is 2. The smallest absolute Gasteiger partial charge is 0.225 e. The monoisotopic (exact) mass is 203 g/mol. The van der Waals surface area contributed by atoms with E-state index in [4.69, 9.17) is 5.73 Å². The second-order valence-corrected chi connectivity index (χ2v) is 3.37. The zero-order chi connectivity index (χ0) is 10.7. The summed E-state index contributed by atoms with van der Waals surface area (Å²) in [6.45, 7) is 0.373. The number of amides is 1. The molecule has 0 saturated carbocycles. The number of aromatic amines is 1. The molecule has 0 fully saturated rings. The first-order valence-electron chi connectivity index (χ1n) is 4.86. The maximum absolute atomic E-state index is 11.3. The van der Waals surface area contributed by atoms with Gasteiger partial charge >= 0.3 is 0 Å². The number of nitrogens with one attached hydrogen (secondary N) is 2. The Balaban J connectivity index is 2.17. The predicted molar refractivity (Wildman–Crippen MR) is 60.6 cm³/mol. The van der Waals surface area contributed by atoms with Gasteiger partial charge in [0, 0.05) is 35.8 Å². The first-order chi connectivity index (χ1) is 7.29. The number of carbonyl (C=O) groups is 1. The molecule has 15 heavy (non-hydrogen) atoms. The van der Waals surface area contributed by atoms with Crippen molar-refractivity contribution in [2.75, 3.05) is 11.9 Å². The number of hydrogen-bond donors (Lipinski definition) is 3. The standard InChI is InChI=1S/C11H13N3O/c12-5-3-11(15)14-9-1-2-10-8(7-9)4-6-13-10/h1-2,4,6-7,13H,3,5,12H2,(H,14,15). The molecule has 1 aromatic heterocycles. The molecule has 0 aliphatic heterocycles. The number of H-pyrrole nitrogens is 1. The average Bonchev–Trinajstić information content (AvgIpc) is 2.65. The van der Waals surface area contributed by atoms with Crippen molar-refractivity contribution in [3.63, 3.8) is 0 Å². The molecule has 0 radical (unpaired) electrons. The van der Waals surface area contributed by atoms with Crippen LogP contribution in [0.15, 0.2) is 30.5 Å². The lowest BCUT2D eigenvalue weighted by Gasteiger charge is -2.03. The summed E-state index contributed by atoms with van der Waals surface area (Å²) in [4.78, 5) is 14.4. The minimum Gasteiger partial charge on any atom is -0.361 e. The fourth-order valence-corrected chi connectivity index (χ4v) is 1.49. The molecule has 78 valence electrons. The van der Waals surface area contributed by atoms with Crippen molar-refractivity contribution < 1.29 is 4.79 Å². The molecular weight excluding hydrogens is 190 g/mol. The second kappa shape index (κ2) is 4.14. The van der Waals surface area contributed by atoms with Crippen LogP contribution in [0.25, 0.3) is 10.9 Å². The third kappa shape index (κ3) is 2.16. The quantitative estimate of drug-likeness (QED) is 0.706. The van der Waals surface area contributed by atoms with Gasteiger partial charge in [-0.2, -0.15) is 0 Å². The van der Waals surface area contributed by atoms with E-state index in [0.29, 0.717) is 13.0 Å². The minimum absolute atomic E-state index is 0.0487. The van der Waals surface area contributed by atoms with Gasteiger partial charge in [-0.05, 0) is 24.3 Å². The van der Waals surface area contributed by atoms with Crippen molar-refractivity contribution in [3.05, 3.63) is 30.5 Å². The Labute approximate surface area is 87.5 Å². The molecular formula is C11H13N3O. The average molecular weight is 203 g/mol. The Morgan fingerprint density at radius 3 is 3.07 bits per heavy atom. The SMILES string of the molecule is NCCC(=O)Nc1ccc2[nH]ccc2c1. The second-order valence-electron chi connectivity index (χ2n) is 3.37. The number of rotatable bonds is 3. The fraction of sp³-hybridized carbons (Fsp3) is 0.182. The largest absolute Gasteiger partial charge is 0.361 e. The van der Waals surface area contributed by atoms with Crippen LogP contribution in [-0.4, -0.2) is 17.4 Å². The summed E-state index contributed by atoms with van der Waals surface area (Å²) in [5, 5.41) is 3.88. The van der Waals surface area contributed by atoms with Gasteiger partial charge in [-0.25, -0.2) is 0 Å². The molecule has 2 aromatic rings. The molecule has 0 bridgehead atoms. The molecule has 0 spiro atoms. The highest BCUT2D eigenvalue weighted by Crippen LogP contribution is 2.17. The Hall–Kier alpha value is -1.81. The van der Waals surface area contributed by atoms with Crippen LogP contribution >= 0.6 is 0 Å². The first-order valence-corrected chi connectivity index (χ1v) is 4.86. The zero-order valence-corrected chi connectivity index (χ0v) is 8.29. The molecule has 4 heteroatoms. The van der Waals surface area contributed by atoms with Gasteiger partial charge in [-0.3, -0.25) is 4.79 Å². The van der Waals surface area contributed by atoms with Gasteiger partial charge in [0.2, 0.25) is 5.91 Å². The summed E-state index contributed by atoms with van der Waals surface area (Å²) in [6.07, 6.45) is 2.22. The summed E-state index contributed by atoms with van der Waals surface area (Å²) in [5.41, 5.74) is 7.16. The van der Waals surface area contributed by atoms with Crippen molar-refractivity contribution in [2.24, 2.45) is 5.73 Å². The highest BCUT2D eigenvalue weighted by Gasteiger charge is 2.01. The highest BCUT2D eigenvalue weighted by atomic mass is 16.1. The molecule has 0 saturated heterocycles. The molecule has 0 aliphatic carbocycles. The van der Waals surface area contributed by atoms with E-state index in [1.165, 1.54) is 0 Å². The van der Waals surface area contributed by atoms with E-state index < -0.39 is 0 Å². The molecule has 0 aliphatic rings. The Kier molecular flexibility index (Phi) is 2.69. The summed E-state index contributed by atoms with van der Waals surface area (Å²) >= 11 is 0. The molecule has 1 heterocycles. The van der Waals surface area contributed by atoms with E-state index in [0.717, 1.165) is 16.6 Å². The molecule has 0 atom stereocenters. The normalized spacial score (nSPS) is 10.5. The number of aromatic nitrogens is 1. The van der Waals surface area contributed by atoms with Crippen LogP contribution in [0.5, 0.6) is 0 Å². The van der Waals surface area contributed by atoms with E-state index in [9.17, 15) is 4.79 Å². The van der Waals surface area contributed by atoms with Gasteiger partial charge in [-0.1, -0.05) is 0 Å². The van der Waals surface area contributed by atoms with Crippen LogP contribution < -0.4 is 11.1 Å². The van der Waals surface area contributed by atoms with E-state index in [1.807, 2.05) is 30.5 Å². The maximum atomic E-state index is 11.3. The summed E-state index contributed by atoms with van der Waals surface area (Å²) in [7, 11) is 0. The van der Waals surface area contributed by atoms with Crippen molar-refractivity contribution in [1.29, 1.82) is 0 Å². The summed E-state index contributed by atoms with van der Waals surface area (Å²) < 4.78 is 0. The lowest BCUT2D eigenvalue weighted by Crippen LogP contribution is -2.15. The van der Waals surface area contributed by atoms with Gasteiger partial charge in [0.15, 0.2) is 0 Å². The number of fused-ring (bicyclic) bond motifs is 1. The van der Waals surface area contributed by atoms with Crippen molar-refractivity contribution >= 4 is 22.5 Å². The van der Waals surface area contributed by atoms with Gasteiger partial charge < -0.3 is 16.0 Å². The number of carbonyl (C=O) groups excluding carboxylic acids is 1. The predicted octanol–water partition coefficient (Wildman–Crippen LogP) is 1.46. The number of anilines is 1. The van der Waals surface area contributed by atoms with Gasteiger partial charge in [0.25, 0.3) is 0 Å². The van der Waals surface area contributed by atoms with Gasteiger partial charge in [-0.15, -0.1) is 0 Å². The van der Waals surface area contributed by atoms with Crippen LogP contribution in [-0.2, 0) is 4.79 Å². The first kappa shape index (κ1) is 9.73. The van der Waals surface area contributed by atoms with Crippen LogP contribution in [0.3, 0.4) is 0 Å². The number of benzene rings is 1. The third-order valence-electron chi connectivity index (χ3n) is 2.21. The Morgan fingerprint density at radius 1 is 1.40 bits per heavy atom. The fourth-order valence-electron chi connectivity index (χ4n) is 1.49. The molecule has 2 rings (SSSR count). The zero-order valence-electron chi connectivity index (χ0n) is 8.29. The van der Waals surface area contributed by atoms with E-state index in [-0.39, 0.29) is 5.91 Å². The summed E-state index contributed by atoms with van der Waals surface area (Å²) in [6, 6.07) is 7.70. The van der Waals surface area contributed by atoms with Crippen molar-refractivity contribution in [1.82, 2.24) is 4.98 Å². The van der Waals surface area contributed by atoms with Crippen LogP contribution in [0, 0.1) is 0 Å². The van der Waals surface area contributed by atoms with Crippen LogP contribution in [0.4, 0.5) is 5.69 Å². The molecule has 0 unspecified atom stereocenters. The third-order valence-corrected chi connectivity index (χ3v) is 2.21. The van der Waals surface area contributed by atoms with E-state index in [2.05, 4.69) is 10.3 Å². The number of nitrogens with two attached hydrogens (primary N) is 1. The molecule has 4 nitrogen and oxygen atoms in total. The lowest BCUT2D eigenvalue weighted by atomic mass is 10.2. The molecule has 4 N–H and O–H groups in total. The topological polar surface area (TPSA) is 70.9 Å². The van der Waals surface area contributed by atoms with Crippen molar-refractivity contribution in [3.8, 4) is 0 Å².